The third-order valence-corrected chi connectivity index (χ3v) is 3.52. The fraction of sp³-hybridized carbons (Fsp3) is 1.00. The second-order valence-corrected chi connectivity index (χ2v) is 6.04. The van der Waals surface area contributed by atoms with Crippen LogP contribution in [-0.2, 0) is 0 Å². The standard InChI is InChI=1S/C13H29N/c1-10(2)12(4)14-9-8-11(3)13(5,6)7/h10-12,14H,8-9H2,1-7H3/t11-,12+/m1/s1. The van der Waals surface area contributed by atoms with Gasteiger partial charge >= 0.3 is 0 Å². The Bertz CT molecular complexity index is 144. The highest BCUT2D eigenvalue weighted by atomic mass is 14.9. The van der Waals surface area contributed by atoms with Crippen LogP contribution in [0.1, 0.15) is 54.9 Å². The molecule has 0 aliphatic carbocycles. The average Bonchev–Trinajstić information content (AvgIpc) is 2.01. The molecule has 0 fully saturated rings. The molecule has 1 heteroatoms. The van der Waals surface area contributed by atoms with E-state index in [1.54, 1.807) is 0 Å². The van der Waals surface area contributed by atoms with E-state index in [0.29, 0.717) is 11.5 Å². The first kappa shape index (κ1) is 14.0. The highest BCUT2D eigenvalue weighted by Gasteiger charge is 2.19. The third kappa shape index (κ3) is 5.64. The number of nitrogens with one attached hydrogen (secondary N) is 1. The average molecular weight is 199 g/mol. The van der Waals surface area contributed by atoms with Crippen molar-refractivity contribution >= 4 is 0 Å². The van der Waals surface area contributed by atoms with Gasteiger partial charge in [-0.25, -0.2) is 0 Å². The Morgan fingerprint density at radius 1 is 1.00 bits per heavy atom. The SMILES string of the molecule is CC(C)[C@H](C)NCC[C@@H](C)C(C)(C)C. The molecule has 0 amide bonds. The molecule has 86 valence electrons. The van der Waals surface area contributed by atoms with Gasteiger partial charge in [-0.15, -0.1) is 0 Å². The van der Waals surface area contributed by atoms with Crippen molar-refractivity contribution in [1.29, 1.82) is 0 Å². The first-order chi connectivity index (χ1) is 6.25. The topological polar surface area (TPSA) is 12.0 Å². The molecule has 1 nitrogen and oxygen atoms in total. The molecule has 0 saturated heterocycles. The Morgan fingerprint density at radius 2 is 1.50 bits per heavy atom. The van der Waals surface area contributed by atoms with Gasteiger partial charge in [-0.2, -0.15) is 0 Å². The monoisotopic (exact) mass is 199 g/mol. The molecule has 0 bridgehead atoms. The van der Waals surface area contributed by atoms with Gasteiger partial charge in [0.15, 0.2) is 0 Å². The van der Waals surface area contributed by atoms with Crippen LogP contribution >= 0.6 is 0 Å². The van der Waals surface area contributed by atoms with Gasteiger partial charge in [-0.05, 0) is 37.1 Å². The molecule has 0 spiro atoms. The number of hydrogen-bond donors (Lipinski definition) is 1. The third-order valence-electron chi connectivity index (χ3n) is 3.52. The molecule has 0 heterocycles. The smallest absolute Gasteiger partial charge is 0.00617 e. The molecular weight excluding hydrogens is 170 g/mol. The maximum atomic E-state index is 3.59. The summed E-state index contributed by atoms with van der Waals surface area (Å²) in [5, 5.41) is 3.59. The van der Waals surface area contributed by atoms with Crippen molar-refractivity contribution in [3.63, 3.8) is 0 Å². The zero-order chi connectivity index (χ0) is 11.4. The summed E-state index contributed by atoms with van der Waals surface area (Å²) in [5.41, 5.74) is 0.447. The minimum absolute atomic E-state index is 0.447. The van der Waals surface area contributed by atoms with Gasteiger partial charge in [0, 0.05) is 6.04 Å². The van der Waals surface area contributed by atoms with E-state index in [0.717, 1.165) is 18.4 Å². The first-order valence-electron chi connectivity index (χ1n) is 5.98. The second kappa shape index (κ2) is 5.75. The predicted octanol–water partition coefficient (Wildman–Crippen LogP) is 3.69. The summed E-state index contributed by atoms with van der Waals surface area (Å²) < 4.78 is 0. The molecule has 0 unspecified atom stereocenters. The molecule has 0 aromatic heterocycles. The highest BCUT2D eigenvalue weighted by Crippen LogP contribution is 2.27. The van der Waals surface area contributed by atoms with E-state index in [-0.39, 0.29) is 0 Å². The fourth-order valence-corrected chi connectivity index (χ4v) is 1.20. The number of hydrogen-bond acceptors (Lipinski definition) is 1. The normalized spacial score (nSPS) is 17.1. The van der Waals surface area contributed by atoms with Crippen LogP contribution in [0.15, 0.2) is 0 Å². The van der Waals surface area contributed by atoms with Gasteiger partial charge in [0.25, 0.3) is 0 Å². The van der Waals surface area contributed by atoms with Crippen molar-refractivity contribution in [2.24, 2.45) is 17.3 Å². The van der Waals surface area contributed by atoms with E-state index < -0.39 is 0 Å². The van der Waals surface area contributed by atoms with Gasteiger partial charge in [-0.1, -0.05) is 41.5 Å². The van der Waals surface area contributed by atoms with Gasteiger partial charge < -0.3 is 5.32 Å². The summed E-state index contributed by atoms with van der Waals surface area (Å²) in [6.07, 6.45) is 1.28. The quantitative estimate of drug-likeness (QED) is 0.712. The Hall–Kier alpha value is -0.0400. The molecule has 2 atom stereocenters. The van der Waals surface area contributed by atoms with Crippen LogP contribution in [0.5, 0.6) is 0 Å². The lowest BCUT2D eigenvalue weighted by Crippen LogP contribution is -2.33. The largest absolute Gasteiger partial charge is 0.314 e. The zero-order valence-electron chi connectivity index (χ0n) is 11.1. The molecule has 0 aliphatic rings. The molecule has 1 N–H and O–H groups in total. The van der Waals surface area contributed by atoms with Crippen molar-refractivity contribution in [1.82, 2.24) is 5.32 Å². The van der Waals surface area contributed by atoms with Crippen LogP contribution in [0.2, 0.25) is 0 Å². The van der Waals surface area contributed by atoms with Crippen molar-refractivity contribution < 1.29 is 0 Å². The fourth-order valence-electron chi connectivity index (χ4n) is 1.20. The summed E-state index contributed by atoms with van der Waals surface area (Å²) in [6, 6.07) is 0.641. The van der Waals surface area contributed by atoms with Crippen molar-refractivity contribution in [3.05, 3.63) is 0 Å². The number of rotatable bonds is 5. The van der Waals surface area contributed by atoms with Gasteiger partial charge in [0.05, 0.1) is 0 Å². The molecule has 14 heavy (non-hydrogen) atoms. The summed E-state index contributed by atoms with van der Waals surface area (Å²) in [7, 11) is 0. The molecule has 0 aromatic rings. The molecule has 0 radical (unpaired) electrons. The zero-order valence-corrected chi connectivity index (χ0v) is 11.1. The van der Waals surface area contributed by atoms with E-state index in [9.17, 15) is 0 Å². The minimum Gasteiger partial charge on any atom is -0.314 e. The first-order valence-corrected chi connectivity index (χ1v) is 5.98. The van der Waals surface area contributed by atoms with E-state index >= 15 is 0 Å². The Balaban J connectivity index is 3.65. The van der Waals surface area contributed by atoms with Crippen LogP contribution in [0.4, 0.5) is 0 Å². The maximum absolute atomic E-state index is 3.59. The van der Waals surface area contributed by atoms with Crippen molar-refractivity contribution in [3.8, 4) is 0 Å². The molecular formula is C13H29N. The molecule has 0 aliphatic heterocycles. The highest BCUT2D eigenvalue weighted by molar-refractivity contribution is 4.72. The van der Waals surface area contributed by atoms with E-state index in [2.05, 4.69) is 53.8 Å². The predicted molar refractivity (Wildman–Crippen MR) is 65.5 cm³/mol. The Labute approximate surface area is 90.7 Å². The van der Waals surface area contributed by atoms with Crippen LogP contribution < -0.4 is 5.32 Å². The Kier molecular flexibility index (Phi) is 5.73. The van der Waals surface area contributed by atoms with Crippen LogP contribution in [-0.4, -0.2) is 12.6 Å². The second-order valence-electron chi connectivity index (χ2n) is 6.04. The lowest BCUT2D eigenvalue weighted by molar-refractivity contribution is 0.240. The van der Waals surface area contributed by atoms with E-state index in [1.807, 2.05) is 0 Å². The van der Waals surface area contributed by atoms with Crippen molar-refractivity contribution in [2.75, 3.05) is 6.54 Å². The summed E-state index contributed by atoms with van der Waals surface area (Å²) in [5.74, 6) is 1.52. The van der Waals surface area contributed by atoms with E-state index in [4.69, 9.17) is 0 Å². The van der Waals surface area contributed by atoms with Crippen LogP contribution in [0.3, 0.4) is 0 Å². The Morgan fingerprint density at radius 3 is 1.86 bits per heavy atom. The molecule has 0 saturated carbocycles. The minimum atomic E-state index is 0.447. The van der Waals surface area contributed by atoms with Crippen LogP contribution in [0.25, 0.3) is 0 Å². The summed E-state index contributed by atoms with van der Waals surface area (Å²) in [4.78, 5) is 0. The van der Waals surface area contributed by atoms with Gasteiger partial charge in [0.1, 0.15) is 0 Å². The van der Waals surface area contributed by atoms with Crippen molar-refractivity contribution in [2.45, 2.75) is 60.9 Å². The van der Waals surface area contributed by atoms with Gasteiger partial charge in [-0.3, -0.25) is 0 Å². The lowest BCUT2D eigenvalue weighted by Gasteiger charge is -2.28. The van der Waals surface area contributed by atoms with E-state index in [1.165, 1.54) is 6.42 Å². The molecule has 0 rings (SSSR count). The summed E-state index contributed by atoms with van der Waals surface area (Å²) >= 11 is 0. The lowest BCUT2D eigenvalue weighted by atomic mass is 9.80. The van der Waals surface area contributed by atoms with Gasteiger partial charge in [0.2, 0.25) is 0 Å². The van der Waals surface area contributed by atoms with Crippen LogP contribution in [0, 0.1) is 17.3 Å². The summed E-state index contributed by atoms with van der Waals surface area (Å²) in [6.45, 7) is 17.3. The maximum Gasteiger partial charge on any atom is 0.00617 e. The molecule has 0 aromatic carbocycles.